The molecule has 1 aliphatic heterocycles. The molecule has 1 aliphatic rings. The van der Waals surface area contributed by atoms with Crippen LogP contribution in [-0.4, -0.2) is 42.9 Å². The maximum atomic E-state index is 12.4. The molecule has 0 atom stereocenters. The Morgan fingerprint density at radius 3 is 2.29 bits per heavy atom. The number of hydrogen-bond donors (Lipinski definition) is 1. The van der Waals surface area contributed by atoms with Gasteiger partial charge in [-0.1, -0.05) is 26.8 Å². The van der Waals surface area contributed by atoms with Gasteiger partial charge in [-0.05, 0) is 41.1 Å². The molecule has 1 aromatic carbocycles. The molecule has 0 aliphatic carbocycles. The number of thiophene rings is 1. The highest BCUT2D eigenvalue weighted by Gasteiger charge is 2.24. The van der Waals surface area contributed by atoms with Crippen LogP contribution < -0.4 is 10.2 Å². The van der Waals surface area contributed by atoms with Gasteiger partial charge in [0.2, 0.25) is 11.8 Å². The molecular formula is C22H29N3O2S. The second-order valence-corrected chi connectivity index (χ2v) is 9.49. The molecule has 2 heterocycles. The van der Waals surface area contributed by atoms with Crippen LogP contribution in [0.5, 0.6) is 0 Å². The van der Waals surface area contributed by atoms with Crippen molar-refractivity contribution in [1.29, 1.82) is 0 Å². The zero-order valence-corrected chi connectivity index (χ0v) is 17.7. The summed E-state index contributed by atoms with van der Waals surface area (Å²) in [4.78, 5) is 29.8. The summed E-state index contributed by atoms with van der Waals surface area (Å²) in [5, 5.41) is 4.93. The summed E-state index contributed by atoms with van der Waals surface area (Å²) in [6.07, 6.45) is 0.997. The lowest BCUT2D eigenvalue weighted by molar-refractivity contribution is -0.133. The molecule has 28 heavy (non-hydrogen) atoms. The first-order valence-corrected chi connectivity index (χ1v) is 10.6. The Balaban J connectivity index is 1.49. The third kappa shape index (κ3) is 5.83. The Hall–Kier alpha value is -2.34. The van der Waals surface area contributed by atoms with Gasteiger partial charge in [-0.2, -0.15) is 0 Å². The highest BCUT2D eigenvalue weighted by Crippen LogP contribution is 2.23. The van der Waals surface area contributed by atoms with E-state index in [-0.39, 0.29) is 17.2 Å². The van der Waals surface area contributed by atoms with Crippen LogP contribution in [0.2, 0.25) is 0 Å². The normalized spacial score (nSPS) is 14.8. The number of nitrogens with zero attached hydrogens (tertiary/aromatic N) is 2. The zero-order chi connectivity index (χ0) is 20.1. The van der Waals surface area contributed by atoms with Gasteiger partial charge in [0.1, 0.15) is 0 Å². The van der Waals surface area contributed by atoms with E-state index in [0.29, 0.717) is 12.8 Å². The fourth-order valence-electron chi connectivity index (χ4n) is 3.31. The van der Waals surface area contributed by atoms with Crippen LogP contribution in [0.4, 0.5) is 11.4 Å². The summed E-state index contributed by atoms with van der Waals surface area (Å²) < 4.78 is 0. The minimum absolute atomic E-state index is 0.00109. The van der Waals surface area contributed by atoms with Crippen molar-refractivity contribution in [2.75, 3.05) is 36.4 Å². The maximum Gasteiger partial charge on any atom is 0.229 e. The average Bonchev–Trinajstić information content (AvgIpc) is 3.14. The summed E-state index contributed by atoms with van der Waals surface area (Å²) >= 11 is 1.59. The van der Waals surface area contributed by atoms with Gasteiger partial charge < -0.3 is 15.1 Å². The lowest BCUT2D eigenvalue weighted by Gasteiger charge is -2.37. The molecule has 5 nitrogen and oxygen atoms in total. The van der Waals surface area contributed by atoms with Gasteiger partial charge in [-0.15, -0.1) is 11.3 Å². The number of piperazine rings is 1. The maximum absolute atomic E-state index is 12.4. The quantitative estimate of drug-likeness (QED) is 0.826. The van der Waals surface area contributed by atoms with Gasteiger partial charge in [-0.3, -0.25) is 9.59 Å². The first-order valence-electron chi connectivity index (χ1n) is 9.75. The van der Waals surface area contributed by atoms with E-state index in [1.54, 1.807) is 11.3 Å². The van der Waals surface area contributed by atoms with E-state index < -0.39 is 0 Å². The molecule has 1 saturated heterocycles. The Morgan fingerprint density at radius 2 is 1.71 bits per heavy atom. The number of rotatable bonds is 5. The van der Waals surface area contributed by atoms with Crippen LogP contribution in [0.3, 0.4) is 0 Å². The van der Waals surface area contributed by atoms with Crippen LogP contribution in [-0.2, 0) is 16.0 Å². The van der Waals surface area contributed by atoms with Crippen LogP contribution in [0.25, 0.3) is 0 Å². The molecule has 0 saturated carbocycles. The third-order valence-corrected chi connectivity index (χ3v) is 5.62. The van der Waals surface area contributed by atoms with E-state index >= 15 is 0 Å². The first-order chi connectivity index (χ1) is 13.3. The topological polar surface area (TPSA) is 52.7 Å². The third-order valence-electron chi connectivity index (χ3n) is 4.75. The highest BCUT2D eigenvalue weighted by molar-refractivity contribution is 7.10. The summed E-state index contributed by atoms with van der Waals surface area (Å²) in [5.41, 5.74) is 1.96. The molecule has 0 bridgehead atoms. The number of hydrogen-bond acceptors (Lipinski definition) is 4. The van der Waals surface area contributed by atoms with E-state index in [4.69, 9.17) is 0 Å². The van der Waals surface area contributed by atoms with Gasteiger partial charge >= 0.3 is 0 Å². The lowest BCUT2D eigenvalue weighted by Crippen LogP contribution is -2.49. The van der Waals surface area contributed by atoms with Crippen molar-refractivity contribution in [1.82, 2.24) is 4.90 Å². The standard InChI is InChI=1S/C22H29N3O2S/c1-22(2,3)16-21(27)25-12-10-24(11-13-25)18-8-6-17(7-9-18)23-20(26)15-19-5-4-14-28-19/h4-9,14H,10-13,15-16H2,1-3H3,(H,23,26). The molecule has 1 N–H and O–H groups in total. The Bertz CT molecular complexity index is 786. The Labute approximate surface area is 171 Å². The molecular weight excluding hydrogens is 370 g/mol. The molecule has 1 aromatic heterocycles. The summed E-state index contributed by atoms with van der Waals surface area (Å²) in [6.45, 7) is 9.48. The molecule has 0 spiro atoms. The number of amides is 2. The smallest absolute Gasteiger partial charge is 0.229 e. The number of nitrogens with one attached hydrogen (secondary N) is 1. The van der Waals surface area contributed by atoms with Crippen LogP contribution in [0.1, 0.15) is 32.1 Å². The van der Waals surface area contributed by atoms with Crippen molar-refractivity contribution in [3.8, 4) is 0 Å². The van der Waals surface area contributed by atoms with Gasteiger partial charge in [0.15, 0.2) is 0 Å². The molecule has 0 radical (unpaired) electrons. The SMILES string of the molecule is CC(C)(C)CC(=O)N1CCN(c2ccc(NC(=O)Cc3cccs3)cc2)CC1. The lowest BCUT2D eigenvalue weighted by atomic mass is 9.91. The van der Waals surface area contributed by atoms with Crippen molar-refractivity contribution >= 4 is 34.5 Å². The number of carbonyl (C=O) groups is 2. The summed E-state index contributed by atoms with van der Waals surface area (Å²) in [7, 11) is 0. The van der Waals surface area contributed by atoms with E-state index in [0.717, 1.165) is 42.4 Å². The first kappa shape index (κ1) is 20.4. The largest absolute Gasteiger partial charge is 0.368 e. The van der Waals surface area contributed by atoms with Gasteiger partial charge in [0.25, 0.3) is 0 Å². The minimum atomic E-state index is 0.00109. The van der Waals surface area contributed by atoms with Gasteiger partial charge in [0, 0.05) is 48.9 Å². The summed E-state index contributed by atoms with van der Waals surface area (Å²) in [5.74, 6) is 0.247. The molecule has 150 valence electrons. The summed E-state index contributed by atoms with van der Waals surface area (Å²) in [6, 6.07) is 11.9. The van der Waals surface area contributed by atoms with Crippen LogP contribution >= 0.6 is 11.3 Å². The van der Waals surface area contributed by atoms with Gasteiger partial charge in [-0.25, -0.2) is 0 Å². The Morgan fingerprint density at radius 1 is 1.04 bits per heavy atom. The molecule has 2 amide bonds. The predicted molar refractivity (Wildman–Crippen MR) is 116 cm³/mol. The monoisotopic (exact) mass is 399 g/mol. The average molecular weight is 400 g/mol. The molecule has 1 fully saturated rings. The predicted octanol–water partition coefficient (Wildman–Crippen LogP) is 4.01. The zero-order valence-electron chi connectivity index (χ0n) is 16.9. The molecule has 3 rings (SSSR count). The number of anilines is 2. The van der Waals surface area contributed by atoms with Crippen molar-refractivity contribution in [3.05, 3.63) is 46.7 Å². The number of benzene rings is 1. The van der Waals surface area contributed by atoms with Crippen LogP contribution in [0.15, 0.2) is 41.8 Å². The van der Waals surface area contributed by atoms with E-state index in [1.165, 1.54) is 0 Å². The van der Waals surface area contributed by atoms with Crippen molar-refractivity contribution in [2.24, 2.45) is 5.41 Å². The van der Waals surface area contributed by atoms with Gasteiger partial charge in [0.05, 0.1) is 6.42 Å². The molecule has 2 aromatic rings. The number of carbonyl (C=O) groups excluding carboxylic acids is 2. The molecule has 6 heteroatoms. The fraction of sp³-hybridized carbons (Fsp3) is 0.455. The van der Waals surface area contributed by atoms with Crippen LogP contribution in [0, 0.1) is 5.41 Å². The van der Waals surface area contributed by atoms with E-state index in [1.807, 2.05) is 46.7 Å². The van der Waals surface area contributed by atoms with Crippen molar-refractivity contribution in [2.45, 2.75) is 33.6 Å². The highest BCUT2D eigenvalue weighted by atomic mass is 32.1. The van der Waals surface area contributed by atoms with E-state index in [9.17, 15) is 9.59 Å². The van der Waals surface area contributed by atoms with Crippen molar-refractivity contribution in [3.63, 3.8) is 0 Å². The van der Waals surface area contributed by atoms with E-state index in [2.05, 4.69) is 31.0 Å². The van der Waals surface area contributed by atoms with Crippen molar-refractivity contribution < 1.29 is 9.59 Å². The minimum Gasteiger partial charge on any atom is -0.368 e. The molecule has 0 unspecified atom stereocenters. The second-order valence-electron chi connectivity index (χ2n) is 8.46. The fourth-order valence-corrected chi connectivity index (χ4v) is 4.02. The Kier molecular flexibility index (Phi) is 6.39. The second kappa shape index (κ2) is 8.78.